The van der Waals surface area contributed by atoms with Crippen molar-refractivity contribution in [1.29, 1.82) is 0 Å². The molecule has 1 aliphatic carbocycles. The topological polar surface area (TPSA) is 62.8 Å². The molecule has 4 nitrogen and oxygen atoms in total. The number of fused-ring (bicyclic) bond motifs is 4. The van der Waals surface area contributed by atoms with Crippen molar-refractivity contribution >= 4 is 22.6 Å². The number of unbranched alkanes of at least 4 members (excludes halogenated alkanes) is 4. The third-order valence-electron chi connectivity index (χ3n) is 5.11. The molecule has 4 rings (SSSR count). The van der Waals surface area contributed by atoms with Gasteiger partial charge in [-0.05, 0) is 18.6 Å². The second kappa shape index (κ2) is 6.87. The highest BCUT2D eigenvalue weighted by molar-refractivity contribution is 6.31. The van der Waals surface area contributed by atoms with Crippen molar-refractivity contribution < 1.29 is 9.59 Å². The van der Waals surface area contributed by atoms with Crippen LogP contribution in [0.5, 0.6) is 0 Å². The number of nitrogens with zero attached hydrogens (tertiary/aromatic N) is 1. The number of aryl methyl sites for hydroxylation is 1. The lowest BCUT2D eigenvalue weighted by Crippen LogP contribution is -2.21. The molecule has 0 atom stereocenters. The first kappa shape index (κ1) is 16.7. The Labute approximate surface area is 152 Å². The molecule has 0 radical (unpaired) electrons. The molecule has 1 aromatic heterocycles. The molecule has 0 aliphatic heterocycles. The Hall–Kier alpha value is -2.75. The summed E-state index contributed by atoms with van der Waals surface area (Å²) in [6.45, 7) is 2.21. The maximum atomic E-state index is 13.0. The maximum absolute atomic E-state index is 13.0. The number of imidazole rings is 1. The van der Waals surface area contributed by atoms with E-state index in [0.29, 0.717) is 27.8 Å². The Morgan fingerprint density at radius 3 is 2.35 bits per heavy atom. The smallest absolute Gasteiger partial charge is 0.196 e. The van der Waals surface area contributed by atoms with Gasteiger partial charge in [0.2, 0.25) is 0 Å². The van der Waals surface area contributed by atoms with E-state index in [1.165, 1.54) is 25.7 Å². The van der Waals surface area contributed by atoms with Crippen LogP contribution in [0.3, 0.4) is 0 Å². The Balaban J connectivity index is 1.68. The fourth-order valence-corrected chi connectivity index (χ4v) is 3.72. The average Bonchev–Trinajstić information content (AvgIpc) is 3.08. The predicted molar refractivity (Wildman–Crippen MR) is 102 cm³/mol. The number of ketones is 2. The minimum Gasteiger partial charge on any atom is -0.342 e. The first-order chi connectivity index (χ1) is 12.7. The summed E-state index contributed by atoms with van der Waals surface area (Å²) in [5, 5.41) is 0. The molecule has 0 unspecified atom stereocenters. The monoisotopic (exact) mass is 346 g/mol. The zero-order valence-electron chi connectivity index (χ0n) is 15.0. The Morgan fingerprint density at radius 2 is 1.58 bits per heavy atom. The van der Waals surface area contributed by atoms with Crippen molar-refractivity contribution in [1.82, 2.24) is 9.97 Å². The van der Waals surface area contributed by atoms with Crippen LogP contribution in [-0.2, 0) is 6.42 Å². The fourth-order valence-electron chi connectivity index (χ4n) is 3.72. The standard InChI is InChI=1S/C22H22N2O2/c1-2-3-4-5-6-11-18-23-17-13-12-16-19(20(17)24-18)22(26)15-10-8-7-9-14(15)21(16)25/h7-10,12-13H,2-6,11H2,1H3,(H,23,24). The van der Waals surface area contributed by atoms with Crippen LogP contribution in [0, 0.1) is 0 Å². The number of hydrogen-bond donors (Lipinski definition) is 1. The van der Waals surface area contributed by atoms with Gasteiger partial charge in [0.1, 0.15) is 11.3 Å². The first-order valence-electron chi connectivity index (χ1n) is 9.40. The molecule has 1 heterocycles. The van der Waals surface area contributed by atoms with Crippen molar-refractivity contribution in [2.24, 2.45) is 0 Å². The number of aromatic amines is 1. The second-order valence-electron chi connectivity index (χ2n) is 6.94. The van der Waals surface area contributed by atoms with E-state index in [0.717, 1.165) is 24.2 Å². The summed E-state index contributed by atoms with van der Waals surface area (Å²) in [7, 11) is 0. The van der Waals surface area contributed by atoms with Crippen LogP contribution < -0.4 is 0 Å². The van der Waals surface area contributed by atoms with E-state index >= 15 is 0 Å². The number of carbonyl (C=O) groups is 2. The molecule has 26 heavy (non-hydrogen) atoms. The predicted octanol–water partition coefficient (Wildman–Crippen LogP) is 4.85. The van der Waals surface area contributed by atoms with Crippen LogP contribution >= 0.6 is 0 Å². The summed E-state index contributed by atoms with van der Waals surface area (Å²) in [6, 6.07) is 10.6. The molecular formula is C22H22N2O2. The number of nitrogens with one attached hydrogen (secondary N) is 1. The molecule has 1 N–H and O–H groups in total. The van der Waals surface area contributed by atoms with E-state index < -0.39 is 0 Å². The minimum absolute atomic E-state index is 0.0961. The summed E-state index contributed by atoms with van der Waals surface area (Å²) < 4.78 is 0. The van der Waals surface area contributed by atoms with Crippen molar-refractivity contribution in [3.05, 3.63) is 64.5 Å². The van der Waals surface area contributed by atoms with Crippen LogP contribution in [0.2, 0.25) is 0 Å². The van der Waals surface area contributed by atoms with Gasteiger partial charge in [-0.3, -0.25) is 9.59 Å². The lowest BCUT2D eigenvalue weighted by atomic mass is 9.83. The molecule has 0 saturated carbocycles. The van der Waals surface area contributed by atoms with E-state index in [1.807, 2.05) is 6.07 Å². The lowest BCUT2D eigenvalue weighted by Gasteiger charge is -2.17. The fraction of sp³-hybridized carbons (Fsp3) is 0.318. The second-order valence-corrected chi connectivity index (χ2v) is 6.94. The zero-order chi connectivity index (χ0) is 18.1. The zero-order valence-corrected chi connectivity index (χ0v) is 15.0. The number of benzene rings is 2. The van der Waals surface area contributed by atoms with Gasteiger partial charge in [-0.2, -0.15) is 0 Å². The number of rotatable bonds is 6. The van der Waals surface area contributed by atoms with Crippen LogP contribution in [0.15, 0.2) is 36.4 Å². The maximum Gasteiger partial charge on any atom is 0.196 e. The molecule has 1 aliphatic rings. The van der Waals surface area contributed by atoms with Crippen LogP contribution in [0.4, 0.5) is 0 Å². The van der Waals surface area contributed by atoms with Crippen LogP contribution in [0.25, 0.3) is 11.0 Å². The van der Waals surface area contributed by atoms with Crippen LogP contribution in [0.1, 0.15) is 76.7 Å². The number of H-pyrrole nitrogens is 1. The van der Waals surface area contributed by atoms with Crippen molar-refractivity contribution in [2.45, 2.75) is 45.4 Å². The Kier molecular flexibility index (Phi) is 4.41. The van der Waals surface area contributed by atoms with E-state index in [9.17, 15) is 9.59 Å². The van der Waals surface area contributed by atoms with Gasteiger partial charge < -0.3 is 4.98 Å². The number of carbonyl (C=O) groups excluding carboxylic acids is 2. The largest absolute Gasteiger partial charge is 0.342 e. The molecule has 0 fully saturated rings. The number of hydrogen-bond acceptors (Lipinski definition) is 3. The van der Waals surface area contributed by atoms with Gasteiger partial charge in [0, 0.05) is 23.1 Å². The summed E-state index contributed by atoms with van der Waals surface area (Å²) in [6.07, 6.45) is 6.88. The number of aromatic nitrogens is 2. The summed E-state index contributed by atoms with van der Waals surface area (Å²) in [5.41, 5.74) is 3.31. The highest BCUT2D eigenvalue weighted by Gasteiger charge is 2.31. The summed E-state index contributed by atoms with van der Waals surface area (Å²) >= 11 is 0. The third-order valence-corrected chi connectivity index (χ3v) is 5.11. The van der Waals surface area contributed by atoms with Crippen molar-refractivity contribution in [2.75, 3.05) is 0 Å². The van der Waals surface area contributed by atoms with Gasteiger partial charge in [-0.15, -0.1) is 0 Å². The molecule has 0 spiro atoms. The van der Waals surface area contributed by atoms with Gasteiger partial charge >= 0.3 is 0 Å². The van der Waals surface area contributed by atoms with Gasteiger partial charge in [-0.25, -0.2) is 4.98 Å². The average molecular weight is 346 g/mol. The SMILES string of the molecule is CCCCCCCc1nc2c3c(ccc2[nH]1)C(=O)c1ccccc1C3=O. The molecule has 4 heteroatoms. The molecule has 132 valence electrons. The van der Waals surface area contributed by atoms with Gasteiger partial charge in [-0.1, -0.05) is 56.9 Å². The van der Waals surface area contributed by atoms with Crippen molar-refractivity contribution in [3.8, 4) is 0 Å². The van der Waals surface area contributed by atoms with Gasteiger partial charge in [0.15, 0.2) is 11.6 Å². The third kappa shape index (κ3) is 2.75. The summed E-state index contributed by atoms with van der Waals surface area (Å²) in [5.74, 6) is 0.687. The Morgan fingerprint density at radius 1 is 0.846 bits per heavy atom. The Bertz CT molecular complexity index is 1000. The van der Waals surface area contributed by atoms with E-state index in [4.69, 9.17) is 0 Å². The molecule has 0 bridgehead atoms. The van der Waals surface area contributed by atoms with E-state index in [2.05, 4.69) is 16.9 Å². The molecule has 3 aromatic rings. The lowest BCUT2D eigenvalue weighted by molar-refractivity contribution is 0.0980. The molecule has 0 amide bonds. The molecule has 2 aromatic carbocycles. The summed E-state index contributed by atoms with van der Waals surface area (Å²) in [4.78, 5) is 33.8. The first-order valence-corrected chi connectivity index (χ1v) is 9.40. The highest BCUT2D eigenvalue weighted by Crippen LogP contribution is 2.31. The highest BCUT2D eigenvalue weighted by atomic mass is 16.1. The quantitative estimate of drug-likeness (QED) is 0.508. The van der Waals surface area contributed by atoms with E-state index in [-0.39, 0.29) is 11.6 Å². The van der Waals surface area contributed by atoms with E-state index in [1.54, 1.807) is 30.3 Å². The minimum atomic E-state index is -0.109. The van der Waals surface area contributed by atoms with Crippen LogP contribution in [-0.4, -0.2) is 21.5 Å². The normalized spacial score (nSPS) is 13.1. The molecule has 0 saturated heterocycles. The van der Waals surface area contributed by atoms with Gasteiger partial charge in [0.05, 0.1) is 11.1 Å². The molecular weight excluding hydrogens is 324 g/mol. The van der Waals surface area contributed by atoms with Gasteiger partial charge in [0.25, 0.3) is 0 Å². The van der Waals surface area contributed by atoms with Crippen molar-refractivity contribution in [3.63, 3.8) is 0 Å².